The van der Waals surface area contributed by atoms with Crippen LogP contribution in [-0.4, -0.2) is 24.9 Å². The van der Waals surface area contributed by atoms with Gasteiger partial charge in [0.05, 0.1) is 11.7 Å². The smallest absolute Gasteiger partial charge is 0.404 e. The van der Waals surface area contributed by atoms with Gasteiger partial charge in [0.2, 0.25) is 5.91 Å². The van der Waals surface area contributed by atoms with Crippen molar-refractivity contribution in [1.29, 1.82) is 0 Å². The molecule has 0 radical (unpaired) electrons. The lowest BCUT2D eigenvalue weighted by Crippen LogP contribution is -2.35. The highest BCUT2D eigenvalue weighted by atomic mass is 19.4. The van der Waals surface area contributed by atoms with Crippen molar-refractivity contribution in [1.82, 2.24) is 5.32 Å². The maximum Gasteiger partial charge on any atom is 0.573 e. The third kappa shape index (κ3) is 3.85. The highest BCUT2D eigenvalue weighted by Crippen LogP contribution is 2.30. The van der Waals surface area contributed by atoms with Gasteiger partial charge in [-0.3, -0.25) is 4.79 Å². The third-order valence-corrected chi connectivity index (χ3v) is 2.75. The number of anilines is 1. The van der Waals surface area contributed by atoms with Crippen LogP contribution in [0.5, 0.6) is 5.75 Å². The van der Waals surface area contributed by atoms with E-state index in [1.807, 2.05) is 0 Å². The molecular formula is C12H13F3N2O2. The van der Waals surface area contributed by atoms with Gasteiger partial charge in [-0.25, -0.2) is 0 Å². The van der Waals surface area contributed by atoms with Crippen molar-refractivity contribution in [3.63, 3.8) is 0 Å². The van der Waals surface area contributed by atoms with E-state index < -0.39 is 12.1 Å². The van der Waals surface area contributed by atoms with Crippen LogP contribution in [0.1, 0.15) is 12.8 Å². The zero-order valence-corrected chi connectivity index (χ0v) is 9.96. The molecule has 0 unspecified atom stereocenters. The van der Waals surface area contributed by atoms with Crippen LogP contribution in [0.15, 0.2) is 24.3 Å². The lowest BCUT2D eigenvalue weighted by atomic mass is 10.2. The van der Waals surface area contributed by atoms with E-state index in [0.717, 1.165) is 19.0 Å². The second-order valence-corrected chi connectivity index (χ2v) is 4.18. The average Bonchev–Trinajstić information content (AvgIpc) is 2.83. The molecule has 0 bridgehead atoms. The molecule has 1 saturated heterocycles. The monoisotopic (exact) mass is 274 g/mol. The molecule has 1 aliphatic rings. The fourth-order valence-corrected chi connectivity index (χ4v) is 1.91. The number of nitrogens with one attached hydrogen (secondary N) is 2. The number of rotatable bonds is 3. The molecule has 1 atom stereocenters. The fraction of sp³-hybridized carbons (Fsp3) is 0.417. The number of benzene rings is 1. The first-order valence-electron chi connectivity index (χ1n) is 5.85. The van der Waals surface area contributed by atoms with Crippen LogP contribution in [0.3, 0.4) is 0 Å². The Bertz CT molecular complexity index is 457. The van der Waals surface area contributed by atoms with Crippen molar-refractivity contribution >= 4 is 11.6 Å². The Kier molecular flexibility index (Phi) is 3.94. The molecule has 1 amide bonds. The van der Waals surface area contributed by atoms with Gasteiger partial charge in [0.1, 0.15) is 0 Å². The molecule has 0 aromatic heterocycles. The molecule has 1 aromatic rings. The molecule has 104 valence electrons. The van der Waals surface area contributed by atoms with Gasteiger partial charge in [-0.1, -0.05) is 12.1 Å². The Morgan fingerprint density at radius 3 is 2.74 bits per heavy atom. The minimum atomic E-state index is -4.79. The minimum Gasteiger partial charge on any atom is -0.404 e. The van der Waals surface area contributed by atoms with Crippen LogP contribution in [0.25, 0.3) is 0 Å². The fourth-order valence-electron chi connectivity index (χ4n) is 1.91. The van der Waals surface area contributed by atoms with Gasteiger partial charge in [0.25, 0.3) is 0 Å². The normalized spacial score (nSPS) is 19.2. The molecule has 0 spiro atoms. The largest absolute Gasteiger partial charge is 0.573 e. The van der Waals surface area contributed by atoms with Crippen molar-refractivity contribution < 1.29 is 22.7 Å². The summed E-state index contributed by atoms with van der Waals surface area (Å²) in [5.74, 6) is -0.767. The summed E-state index contributed by atoms with van der Waals surface area (Å²) in [4.78, 5) is 11.8. The number of halogens is 3. The van der Waals surface area contributed by atoms with Gasteiger partial charge < -0.3 is 15.4 Å². The van der Waals surface area contributed by atoms with E-state index in [1.54, 1.807) is 0 Å². The number of hydrogen-bond acceptors (Lipinski definition) is 3. The van der Waals surface area contributed by atoms with Crippen LogP contribution >= 0.6 is 0 Å². The lowest BCUT2D eigenvalue weighted by molar-refractivity contribution is -0.274. The Hall–Kier alpha value is -1.76. The van der Waals surface area contributed by atoms with Crippen LogP contribution < -0.4 is 15.4 Å². The molecular weight excluding hydrogens is 261 g/mol. The first-order chi connectivity index (χ1) is 8.96. The van der Waals surface area contributed by atoms with Crippen LogP contribution in [0.2, 0.25) is 0 Å². The molecule has 0 saturated carbocycles. The summed E-state index contributed by atoms with van der Waals surface area (Å²) < 4.78 is 40.5. The van der Waals surface area contributed by atoms with E-state index in [4.69, 9.17) is 0 Å². The average molecular weight is 274 g/mol. The Morgan fingerprint density at radius 1 is 1.37 bits per heavy atom. The van der Waals surface area contributed by atoms with Crippen molar-refractivity contribution in [3.05, 3.63) is 24.3 Å². The first-order valence-corrected chi connectivity index (χ1v) is 5.85. The molecule has 1 aromatic carbocycles. The number of ether oxygens (including phenoxy) is 1. The van der Waals surface area contributed by atoms with E-state index in [1.165, 1.54) is 18.2 Å². The highest BCUT2D eigenvalue weighted by molar-refractivity contribution is 5.96. The van der Waals surface area contributed by atoms with Gasteiger partial charge in [0, 0.05) is 0 Å². The summed E-state index contributed by atoms with van der Waals surface area (Å²) in [5, 5.41) is 5.42. The first kappa shape index (κ1) is 13.7. The lowest BCUT2D eigenvalue weighted by Gasteiger charge is -2.15. The predicted octanol–water partition coefficient (Wildman–Crippen LogP) is 2.28. The van der Waals surface area contributed by atoms with Crippen molar-refractivity contribution in [3.8, 4) is 5.75 Å². The summed E-state index contributed by atoms with van der Waals surface area (Å²) in [6, 6.07) is 5.10. The zero-order chi connectivity index (χ0) is 13.9. The maximum atomic E-state index is 12.2. The molecule has 1 fully saturated rings. The van der Waals surface area contributed by atoms with E-state index in [2.05, 4.69) is 15.4 Å². The van der Waals surface area contributed by atoms with Crippen molar-refractivity contribution in [2.75, 3.05) is 11.9 Å². The topological polar surface area (TPSA) is 50.4 Å². The Labute approximate surface area is 107 Å². The van der Waals surface area contributed by atoms with E-state index in [-0.39, 0.29) is 17.6 Å². The summed E-state index contributed by atoms with van der Waals surface area (Å²) in [5.41, 5.74) is 0.0125. The second kappa shape index (κ2) is 5.48. The van der Waals surface area contributed by atoms with Gasteiger partial charge in [0.15, 0.2) is 5.75 Å². The summed E-state index contributed by atoms with van der Waals surface area (Å²) >= 11 is 0. The maximum absolute atomic E-state index is 12.2. The van der Waals surface area contributed by atoms with Gasteiger partial charge >= 0.3 is 6.36 Å². The molecule has 4 nitrogen and oxygen atoms in total. The quantitative estimate of drug-likeness (QED) is 0.889. The van der Waals surface area contributed by atoms with Gasteiger partial charge in [-0.05, 0) is 31.5 Å². The standard InChI is InChI=1S/C12H13F3N2O2/c13-12(14,15)19-10-6-2-1-4-8(10)17-11(18)9-5-3-7-16-9/h1-2,4,6,9,16H,3,5,7H2,(H,17,18)/t9-/m0/s1. The second-order valence-electron chi connectivity index (χ2n) is 4.18. The summed E-state index contributed by atoms with van der Waals surface area (Å²) in [6.45, 7) is 0.735. The Balaban J connectivity index is 2.09. The van der Waals surface area contributed by atoms with E-state index in [0.29, 0.717) is 6.42 Å². The zero-order valence-electron chi connectivity index (χ0n) is 9.96. The number of amides is 1. The number of alkyl halides is 3. The SMILES string of the molecule is O=C(Nc1ccccc1OC(F)(F)F)[C@@H]1CCCN1. The van der Waals surface area contributed by atoms with Crippen LogP contribution in [0.4, 0.5) is 18.9 Å². The third-order valence-electron chi connectivity index (χ3n) is 2.75. The number of carbonyl (C=O) groups excluding carboxylic acids is 1. The van der Waals surface area contributed by atoms with Crippen LogP contribution in [-0.2, 0) is 4.79 Å². The molecule has 1 heterocycles. The Morgan fingerprint density at radius 2 is 2.11 bits per heavy atom. The number of hydrogen-bond donors (Lipinski definition) is 2. The van der Waals surface area contributed by atoms with Crippen LogP contribution in [0, 0.1) is 0 Å². The van der Waals surface area contributed by atoms with Crippen molar-refractivity contribution in [2.45, 2.75) is 25.2 Å². The molecule has 0 aliphatic carbocycles. The summed E-state index contributed by atoms with van der Waals surface area (Å²) in [7, 11) is 0. The predicted molar refractivity (Wildman–Crippen MR) is 62.8 cm³/mol. The number of carbonyl (C=O) groups is 1. The van der Waals surface area contributed by atoms with Gasteiger partial charge in [-0.2, -0.15) is 0 Å². The highest BCUT2D eigenvalue weighted by Gasteiger charge is 2.32. The minimum absolute atomic E-state index is 0.0125. The summed E-state index contributed by atoms with van der Waals surface area (Å²) in [6.07, 6.45) is -3.24. The molecule has 1 aliphatic heterocycles. The number of para-hydroxylation sites is 2. The van der Waals surface area contributed by atoms with Gasteiger partial charge in [-0.15, -0.1) is 13.2 Å². The molecule has 19 heavy (non-hydrogen) atoms. The molecule has 2 rings (SSSR count). The van der Waals surface area contributed by atoms with E-state index >= 15 is 0 Å². The van der Waals surface area contributed by atoms with Crippen molar-refractivity contribution in [2.24, 2.45) is 0 Å². The molecule has 7 heteroatoms. The van der Waals surface area contributed by atoms with E-state index in [9.17, 15) is 18.0 Å². The molecule has 2 N–H and O–H groups in total.